The third-order valence-electron chi connectivity index (χ3n) is 4.70. The fourth-order valence-corrected chi connectivity index (χ4v) is 3.85. The van der Waals surface area contributed by atoms with Crippen LogP contribution in [0.1, 0.15) is 23.2 Å². The Balaban J connectivity index is 1.46. The summed E-state index contributed by atoms with van der Waals surface area (Å²) in [5, 5.41) is 4.80. The van der Waals surface area contributed by atoms with Gasteiger partial charge in [-0.05, 0) is 31.0 Å². The van der Waals surface area contributed by atoms with Crippen molar-refractivity contribution in [3.8, 4) is 11.3 Å². The van der Waals surface area contributed by atoms with Gasteiger partial charge in [-0.1, -0.05) is 12.1 Å². The molecule has 1 aromatic carbocycles. The zero-order valence-electron chi connectivity index (χ0n) is 14.8. The summed E-state index contributed by atoms with van der Waals surface area (Å²) in [6.07, 6.45) is 3.61. The molecule has 2 amide bonds. The van der Waals surface area contributed by atoms with Gasteiger partial charge in [0.15, 0.2) is 5.82 Å². The third kappa shape index (κ3) is 3.63. The highest BCUT2D eigenvalue weighted by atomic mass is 32.1. The van der Waals surface area contributed by atoms with Gasteiger partial charge in [0.1, 0.15) is 6.04 Å². The van der Waals surface area contributed by atoms with Gasteiger partial charge in [-0.3, -0.25) is 14.6 Å². The van der Waals surface area contributed by atoms with E-state index in [1.165, 1.54) is 28.5 Å². The molecule has 1 N–H and O–H groups in total. The van der Waals surface area contributed by atoms with Crippen molar-refractivity contribution in [1.29, 1.82) is 0 Å². The van der Waals surface area contributed by atoms with E-state index in [4.69, 9.17) is 0 Å². The summed E-state index contributed by atoms with van der Waals surface area (Å²) in [5.41, 5.74) is 4.18. The number of likely N-dealkylation sites (tertiary alicyclic amines) is 1. The molecule has 0 radical (unpaired) electrons. The summed E-state index contributed by atoms with van der Waals surface area (Å²) >= 11 is 1.52. The molecule has 1 saturated heterocycles. The molecule has 1 aliphatic rings. The number of hydrogen-bond acceptors (Lipinski definition) is 5. The van der Waals surface area contributed by atoms with E-state index in [1.807, 2.05) is 17.5 Å². The Bertz CT molecular complexity index is 992. The lowest BCUT2D eigenvalue weighted by Gasteiger charge is -2.24. The Morgan fingerprint density at radius 1 is 1.21 bits per heavy atom. The minimum absolute atomic E-state index is 0.0673. The number of rotatable bonds is 4. The second kappa shape index (κ2) is 7.85. The molecule has 0 unspecified atom stereocenters. The highest BCUT2D eigenvalue weighted by Gasteiger charge is 2.35. The molecular weight excluding hydrogens is 379 g/mol. The van der Waals surface area contributed by atoms with Crippen molar-refractivity contribution in [2.45, 2.75) is 18.9 Å². The molecule has 28 heavy (non-hydrogen) atoms. The number of hydrogen-bond donors (Lipinski definition) is 1. The zero-order chi connectivity index (χ0) is 19.5. The quantitative estimate of drug-likeness (QED) is 0.731. The van der Waals surface area contributed by atoms with Crippen LogP contribution in [-0.4, -0.2) is 39.3 Å². The first kappa shape index (κ1) is 18.2. The summed E-state index contributed by atoms with van der Waals surface area (Å²) in [5.74, 6) is -1.45. The number of aromatic nitrogens is 2. The number of halogens is 1. The number of amides is 2. The molecule has 0 saturated carbocycles. The number of anilines is 1. The van der Waals surface area contributed by atoms with Crippen LogP contribution in [-0.2, 0) is 4.79 Å². The lowest BCUT2D eigenvalue weighted by molar-refractivity contribution is -0.119. The Kier molecular flexibility index (Phi) is 5.12. The molecule has 142 valence electrons. The second-order valence-electron chi connectivity index (χ2n) is 6.45. The van der Waals surface area contributed by atoms with E-state index in [0.717, 1.165) is 17.5 Å². The molecule has 1 fully saturated rings. The first-order valence-electron chi connectivity index (χ1n) is 8.83. The highest BCUT2D eigenvalue weighted by Crippen LogP contribution is 2.24. The van der Waals surface area contributed by atoms with Gasteiger partial charge in [0.2, 0.25) is 5.91 Å². The summed E-state index contributed by atoms with van der Waals surface area (Å²) in [6.45, 7) is 0.418. The highest BCUT2D eigenvalue weighted by molar-refractivity contribution is 7.07. The van der Waals surface area contributed by atoms with Crippen LogP contribution in [0.4, 0.5) is 10.1 Å². The summed E-state index contributed by atoms with van der Waals surface area (Å²) in [6, 6.07) is 8.08. The Morgan fingerprint density at radius 3 is 2.75 bits per heavy atom. The molecule has 6 nitrogen and oxygen atoms in total. The SMILES string of the molecule is O=C(Nc1ccc(-c2cscn2)cc1)[C@@H]1CCCN1C(=O)c1ccncc1F. The van der Waals surface area contributed by atoms with Gasteiger partial charge in [0.05, 0.1) is 23.0 Å². The largest absolute Gasteiger partial charge is 0.327 e. The Morgan fingerprint density at radius 2 is 2.04 bits per heavy atom. The first-order valence-corrected chi connectivity index (χ1v) is 9.78. The fraction of sp³-hybridized carbons (Fsp3) is 0.200. The van der Waals surface area contributed by atoms with Crippen molar-refractivity contribution in [2.75, 3.05) is 11.9 Å². The van der Waals surface area contributed by atoms with Gasteiger partial charge in [0, 0.05) is 29.4 Å². The second-order valence-corrected chi connectivity index (χ2v) is 7.17. The molecule has 4 rings (SSSR count). The van der Waals surface area contributed by atoms with E-state index >= 15 is 0 Å². The van der Waals surface area contributed by atoms with Crippen molar-refractivity contribution >= 4 is 28.8 Å². The van der Waals surface area contributed by atoms with Crippen molar-refractivity contribution in [2.24, 2.45) is 0 Å². The van der Waals surface area contributed by atoms with Gasteiger partial charge in [-0.2, -0.15) is 0 Å². The molecular formula is C20H17FN4O2S. The lowest BCUT2D eigenvalue weighted by Crippen LogP contribution is -2.43. The number of carbonyl (C=O) groups is 2. The number of benzene rings is 1. The van der Waals surface area contributed by atoms with Gasteiger partial charge >= 0.3 is 0 Å². The number of nitrogens with zero attached hydrogens (tertiary/aromatic N) is 3. The van der Waals surface area contributed by atoms with Crippen LogP contribution in [0.15, 0.2) is 53.6 Å². The maximum Gasteiger partial charge on any atom is 0.257 e. The van der Waals surface area contributed by atoms with Crippen molar-refractivity contribution < 1.29 is 14.0 Å². The van der Waals surface area contributed by atoms with Crippen LogP contribution in [0.3, 0.4) is 0 Å². The van der Waals surface area contributed by atoms with E-state index in [0.29, 0.717) is 25.1 Å². The summed E-state index contributed by atoms with van der Waals surface area (Å²) < 4.78 is 13.9. The molecule has 3 aromatic rings. The van der Waals surface area contributed by atoms with Gasteiger partial charge in [-0.15, -0.1) is 11.3 Å². The fourth-order valence-electron chi connectivity index (χ4n) is 3.29. The maximum atomic E-state index is 13.9. The lowest BCUT2D eigenvalue weighted by atomic mass is 10.1. The standard InChI is InChI=1S/C20H17FN4O2S/c21-16-10-22-8-7-15(16)20(27)25-9-1-2-18(25)19(26)24-14-5-3-13(4-6-14)17-11-28-12-23-17/h3-8,10-12,18H,1-2,9H2,(H,24,26)/t18-/m0/s1. The van der Waals surface area contributed by atoms with Crippen LogP contribution in [0.2, 0.25) is 0 Å². The predicted molar refractivity (Wildman–Crippen MR) is 104 cm³/mol. The van der Waals surface area contributed by atoms with Crippen LogP contribution < -0.4 is 5.32 Å². The van der Waals surface area contributed by atoms with Gasteiger partial charge in [0.25, 0.3) is 5.91 Å². The van der Waals surface area contributed by atoms with Gasteiger partial charge < -0.3 is 10.2 Å². The maximum absolute atomic E-state index is 13.9. The number of pyridine rings is 1. The molecule has 2 aromatic heterocycles. The molecule has 1 aliphatic heterocycles. The molecule has 1 atom stereocenters. The van der Waals surface area contributed by atoms with Crippen molar-refractivity contribution in [3.63, 3.8) is 0 Å². The predicted octanol–water partition coefficient (Wildman–Crippen LogP) is 3.59. The van der Waals surface area contributed by atoms with E-state index < -0.39 is 17.8 Å². The minimum Gasteiger partial charge on any atom is -0.327 e. The molecule has 8 heteroatoms. The number of nitrogens with one attached hydrogen (secondary N) is 1. The topological polar surface area (TPSA) is 75.2 Å². The van der Waals surface area contributed by atoms with Crippen LogP contribution in [0, 0.1) is 5.82 Å². The zero-order valence-corrected chi connectivity index (χ0v) is 15.7. The van der Waals surface area contributed by atoms with E-state index in [9.17, 15) is 14.0 Å². The number of thiazole rings is 1. The Hall–Kier alpha value is -3.13. The Labute approximate surface area is 165 Å². The minimum atomic E-state index is -0.684. The number of carbonyl (C=O) groups excluding carboxylic acids is 2. The van der Waals surface area contributed by atoms with Crippen LogP contribution in [0.25, 0.3) is 11.3 Å². The van der Waals surface area contributed by atoms with Crippen molar-refractivity contribution in [1.82, 2.24) is 14.9 Å². The molecule has 0 spiro atoms. The van der Waals surface area contributed by atoms with E-state index in [2.05, 4.69) is 15.3 Å². The monoisotopic (exact) mass is 396 g/mol. The molecule has 0 aliphatic carbocycles. The first-order chi connectivity index (χ1) is 13.6. The molecule has 3 heterocycles. The normalized spacial score (nSPS) is 16.2. The van der Waals surface area contributed by atoms with Crippen molar-refractivity contribution in [3.05, 3.63) is 65.0 Å². The van der Waals surface area contributed by atoms with E-state index in [1.54, 1.807) is 17.6 Å². The van der Waals surface area contributed by atoms with Crippen LogP contribution in [0.5, 0.6) is 0 Å². The molecule has 0 bridgehead atoms. The third-order valence-corrected chi connectivity index (χ3v) is 5.29. The van der Waals surface area contributed by atoms with Crippen LogP contribution >= 0.6 is 11.3 Å². The smallest absolute Gasteiger partial charge is 0.257 e. The van der Waals surface area contributed by atoms with E-state index in [-0.39, 0.29) is 11.5 Å². The average molecular weight is 396 g/mol. The summed E-state index contributed by atoms with van der Waals surface area (Å²) in [4.78, 5) is 34.8. The van der Waals surface area contributed by atoms with Gasteiger partial charge in [-0.25, -0.2) is 9.37 Å². The summed E-state index contributed by atoms with van der Waals surface area (Å²) in [7, 11) is 0. The average Bonchev–Trinajstić information content (AvgIpc) is 3.40.